The zero-order chi connectivity index (χ0) is 49.1. The maximum Gasteiger partial charge on any atom is 0.180 e. The smallest absolute Gasteiger partial charge is 0.180 e. The lowest BCUT2D eigenvalue weighted by Crippen LogP contribution is -2.75. The zero-order valence-electron chi connectivity index (χ0n) is 46.1. The van der Waals surface area contributed by atoms with Crippen molar-refractivity contribution in [3.05, 3.63) is 169 Å². The monoisotopic (exact) mass is 530 g/mol. The van der Waals surface area contributed by atoms with Crippen molar-refractivity contribution in [3.8, 4) is 11.1 Å². The lowest BCUT2D eigenvalue weighted by Gasteiger charge is -2.36. The largest absolute Gasteiger partial charge is 0.356 e. The zero-order valence-corrected chi connectivity index (χ0v) is 20.1. The summed E-state index contributed by atoms with van der Waals surface area (Å²) in [5.41, 5.74) is -3.37. The molecule has 0 amide bonds. The molecule has 1 nitrogen and oxygen atoms in total. The van der Waals surface area contributed by atoms with Crippen molar-refractivity contribution < 1.29 is 37.0 Å². The van der Waals surface area contributed by atoms with Crippen LogP contribution < -0.4 is 26.1 Å². The summed E-state index contributed by atoms with van der Waals surface area (Å²) in [7, 11) is -6.36. The molecule has 6 aromatic rings. The van der Waals surface area contributed by atoms with Crippen LogP contribution in [0.3, 0.4) is 0 Å². The fourth-order valence-electron chi connectivity index (χ4n) is 3.87. The molecule has 0 saturated carbocycles. The van der Waals surface area contributed by atoms with Crippen LogP contribution in [0.25, 0.3) is 11.1 Å². The van der Waals surface area contributed by atoms with E-state index in [0.717, 1.165) is 6.07 Å². The molecule has 6 rings (SSSR count). The normalized spacial score (nSPS) is 21.1. The van der Waals surface area contributed by atoms with Crippen LogP contribution in [0.5, 0.6) is 0 Å². The number of nitrogens with one attached hydrogen (secondary N) is 1. The number of hydrogen-bond donors (Lipinski definition) is 1. The Balaban J connectivity index is 2.08. The van der Waals surface area contributed by atoms with Crippen LogP contribution in [0.2, 0.25) is 0 Å². The fourth-order valence-corrected chi connectivity index (χ4v) is 7.68. The molecule has 0 saturated heterocycles. The van der Waals surface area contributed by atoms with Gasteiger partial charge in [0.2, 0.25) is 0 Å². The van der Waals surface area contributed by atoms with Crippen molar-refractivity contribution in [2.75, 3.05) is 5.32 Å². The van der Waals surface area contributed by atoms with E-state index < -0.39 is 214 Å². The van der Waals surface area contributed by atoms with Crippen LogP contribution in [0, 0.1) is 0 Å². The van der Waals surface area contributed by atoms with E-state index in [2.05, 4.69) is 5.32 Å². The van der Waals surface area contributed by atoms with Crippen LogP contribution in [0.1, 0.15) is 37.0 Å². The van der Waals surface area contributed by atoms with Gasteiger partial charge in [-0.05, 0) is 56.1 Å². The Morgan fingerprint density at radius 2 is 0.921 bits per heavy atom. The molecule has 0 radical (unpaired) electrons. The van der Waals surface area contributed by atoms with E-state index in [1.807, 2.05) is 0 Å². The number of para-hydroxylation sites is 1. The molecule has 0 aromatic heterocycles. The first kappa shape index (κ1) is 8.17. The molecular weight excluding hydrogens is 474 g/mol. The number of anilines is 2. The molecule has 0 unspecified atom stereocenters. The minimum absolute atomic E-state index is 0.640. The van der Waals surface area contributed by atoms with Crippen LogP contribution in [0.4, 0.5) is 11.4 Å². The van der Waals surface area contributed by atoms with Gasteiger partial charge in [0, 0.05) is 11.4 Å². The Morgan fingerprint density at radius 3 is 1.47 bits per heavy atom. The van der Waals surface area contributed by atoms with Crippen LogP contribution in [-0.4, -0.2) is 8.07 Å². The van der Waals surface area contributed by atoms with Gasteiger partial charge in [-0.3, -0.25) is 0 Å². The Bertz CT molecular complexity index is 2830. The van der Waals surface area contributed by atoms with Gasteiger partial charge >= 0.3 is 0 Å². The molecule has 2 heteroatoms. The van der Waals surface area contributed by atoms with Gasteiger partial charge in [-0.25, -0.2) is 0 Å². The highest BCUT2D eigenvalue weighted by molar-refractivity contribution is 7.20. The highest BCUT2D eigenvalue weighted by Gasteiger charge is 2.42. The van der Waals surface area contributed by atoms with E-state index in [1.165, 1.54) is 0 Å². The van der Waals surface area contributed by atoms with Gasteiger partial charge < -0.3 is 5.32 Å². The standard InChI is InChI=1S/C36H29NSi/c1-5-17-30(18-6-1)37-31-19-15-16-29(28-31)35-26-13-14-27-36(35)38(32-20-7-2-8-21-32,33-22-9-3-10-23-33)34-24-11-4-12-25-34/h1-28,37H/i1D,2D,3D,4D,5D,6D,7D,8D,9D,10D,11D,12D,13D,14D,15D,16D,17D,18D,20D,21D,22D,23D,24D,25D,26D,27D,28D. The first-order valence-electron chi connectivity index (χ1n) is 24.3. The summed E-state index contributed by atoms with van der Waals surface area (Å²) in [4.78, 5) is 0. The molecule has 1 N–H and O–H groups in total. The maximum absolute atomic E-state index is 9.64. The van der Waals surface area contributed by atoms with E-state index >= 15 is 0 Å². The second-order valence-corrected chi connectivity index (χ2v) is 11.0. The molecule has 0 spiro atoms. The van der Waals surface area contributed by atoms with Gasteiger partial charge in [0.05, 0.1) is 37.0 Å². The molecule has 38 heavy (non-hydrogen) atoms. The molecule has 0 aliphatic heterocycles. The lowest BCUT2D eigenvalue weighted by atomic mass is 10.0. The summed E-state index contributed by atoms with van der Waals surface area (Å²) >= 11 is 0. The quantitative estimate of drug-likeness (QED) is 0.184. The summed E-state index contributed by atoms with van der Waals surface area (Å²) in [6.45, 7) is 0. The highest BCUT2D eigenvalue weighted by atomic mass is 28.3. The Kier molecular flexibility index (Phi) is 2.31. The predicted octanol–water partition coefficient (Wildman–Crippen LogP) is 6.47. The molecule has 0 atom stereocenters. The van der Waals surface area contributed by atoms with Crippen LogP contribution in [0.15, 0.2) is 169 Å². The molecule has 0 aliphatic rings. The van der Waals surface area contributed by atoms with E-state index in [4.69, 9.17) is 23.3 Å². The van der Waals surface area contributed by atoms with Crippen molar-refractivity contribution in [1.29, 1.82) is 0 Å². The minimum atomic E-state index is -6.36. The summed E-state index contributed by atoms with van der Waals surface area (Å²) in [6, 6.07) is -29.1. The fraction of sp³-hybridized carbons (Fsp3) is 0. The van der Waals surface area contributed by atoms with Gasteiger partial charge in [-0.1, -0.05) is 145 Å². The first-order valence-corrected chi connectivity index (χ1v) is 12.8. The second kappa shape index (κ2) is 10.8. The second-order valence-electron chi connectivity index (χ2n) is 7.45. The van der Waals surface area contributed by atoms with Crippen molar-refractivity contribution in [2.45, 2.75) is 0 Å². The van der Waals surface area contributed by atoms with Gasteiger partial charge in [-0.2, -0.15) is 0 Å². The summed E-state index contributed by atoms with van der Waals surface area (Å²) in [5, 5.41) is -2.08. The molecule has 6 aromatic carbocycles. The third-order valence-corrected chi connectivity index (χ3v) is 9.50. The van der Waals surface area contributed by atoms with Gasteiger partial charge in [-0.15, -0.1) is 0 Å². The van der Waals surface area contributed by atoms with Crippen molar-refractivity contribution >= 4 is 40.2 Å². The lowest BCUT2D eigenvalue weighted by molar-refractivity contribution is 1.54. The van der Waals surface area contributed by atoms with Crippen molar-refractivity contribution in [3.63, 3.8) is 0 Å². The van der Waals surface area contributed by atoms with Gasteiger partial charge in [0.1, 0.15) is 0 Å². The predicted molar refractivity (Wildman–Crippen MR) is 165 cm³/mol. The maximum atomic E-state index is 9.64. The Morgan fingerprint density at radius 1 is 0.447 bits per heavy atom. The number of hydrogen-bond acceptors (Lipinski definition) is 1. The average Bonchev–Trinajstić information content (AvgIpc) is 3.27. The third kappa shape index (κ3) is 4.47. The molecule has 0 heterocycles. The Hall–Kier alpha value is -4.66. The van der Waals surface area contributed by atoms with Crippen LogP contribution >= 0.6 is 0 Å². The molecule has 182 valence electrons. The minimum Gasteiger partial charge on any atom is -0.356 e. The van der Waals surface area contributed by atoms with Crippen molar-refractivity contribution in [2.24, 2.45) is 0 Å². The summed E-state index contributed by atoms with van der Waals surface area (Å²) in [6.07, 6.45) is 0. The van der Waals surface area contributed by atoms with E-state index in [9.17, 15) is 13.7 Å². The van der Waals surface area contributed by atoms with Gasteiger partial charge in [0.25, 0.3) is 0 Å². The summed E-state index contributed by atoms with van der Waals surface area (Å²) < 4.78 is 239. The highest BCUT2D eigenvalue weighted by Crippen LogP contribution is 2.26. The van der Waals surface area contributed by atoms with E-state index in [-0.39, 0.29) is 0 Å². The van der Waals surface area contributed by atoms with E-state index in [1.54, 1.807) is 0 Å². The Labute approximate surface area is 264 Å². The average molecular weight is 531 g/mol. The number of benzene rings is 6. The van der Waals surface area contributed by atoms with Gasteiger partial charge in [0.15, 0.2) is 8.07 Å². The van der Waals surface area contributed by atoms with Crippen molar-refractivity contribution in [1.82, 2.24) is 0 Å². The molecule has 0 fully saturated rings. The van der Waals surface area contributed by atoms with E-state index in [0.29, 0.717) is 0 Å². The topological polar surface area (TPSA) is 12.0 Å². The third-order valence-electron chi connectivity index (χ3n) is 5.37. The first-order chi connectivity index (χ1) is 30.0. The summed E-state index contributed by atoms with van der Waals surface area (Å²) in [5.74, 6) is 0. The molecule has 0 aliphatic carbocycles. The molecular formula is C36H29NSi. The SMILES string of the molecule is [2H]c1cc(Nc2c([2H])c([2H])c([2H])c([2H])c2[2H])c([2H])c(-c2c([2H])c([2H])c([2H])c([2H])c2[Si](c2c([2H])c([2H])c([2H])c([2H])c2[2H])(c2c([2H])c([2H])c([2H])c([2H])c2[2H])c2c([2H])c([2H])c([2H])c([2H])c2[2H])c1[2H]. The number of rotatable bonds is 7. The van der Waals surface area contributed by atoms with Crippen LogP contribution in [-0.2, 0) is 0 Å². The molecule has 0 bridgehead atoms.